The number of amides is 2. The fourth-order valence-corrected chi connectivity index (χ4v) is 4.27. The van der Waals surface area contributed by atoms with Crippen LogP contribution in [0.15, 0.2) is 54.6 Å². The van der Waals surface area contributed by atoms with Crippen molar-refractivity contribution in [3.63, 3.8) is 0 Å². The molecule has 0 spiro atoms. The number of carbonyl (C=O) groups is 1. The Kier molecular flexibility index (Phi) is 7.32. The maximum absolute atomic E-state index is 13.7. The summed E-state index contributed by atoms with van der Waals surface area (Å²) in [5.41, 5.74) is 2.69. The molecule has 1 N–H and O–H groups in total. The van der Waals surface area contributed by atoms with Crippen LogP contribution in [0.1, 0.15) is 44.4 Å². The number of benzene rings is 2. The zero-order chi connectivity index (χ0) is 22.5. The van der Waals surface area contributed by atoms with Gasteiger partial charge in [0, 0.05) is 25.2 Å². The fourth-order valence-electron chi connectivity index (χ4n) is 4.27. The highest BCUT2D eigenvalue weighted by Gasteiger charge is 2.42. The van der Waals surface area contributed by atoms with Crippen LogP contribution in [-0.2, 0) is 13.0 Å². The van der Waals surface area contributed by atoms with Crippen molar-refractivity contribution >= 4 is 6.03 Å². The monoisotopic (exact) mass is 420 g/mol. The summed E-state index contributed by atoms with van der Waals surface area (Å²) in [6.45, 7) is 8.81. The van der Waals surface area contributed by atoms with Gasteiger partial charge in [0.15, 0.2) is 0 Å². The second kappa shape index (κ2) is 9.95. The molecule has 0 aromatic heterocycles. The number of carbonyl (C=O) groups excluding carboxylic acids is 1. The standard InChI is InChI=1S/C25H32N4O2/c1-18(2)28-23(14-20-8-6-5-7-9-20)24(30)17-27(29(19(3)4)25(28)31)16-22-12-10-21(15-26)11-13-22/h5-13,18-19,23-24,30H,14,16-17H2,1-4H3/t23-,24-/m0/s1. The Morgan fingerprint density at radius 2 is 1.65 bits per heavy atom. The largest absolute Gasteiger partial charge is 0.390 e. The zero-order valence-corrected chi connectivity index (χ0v) is 18.8. The molecule has 2 atom stereocenters. The highest BCUT2D eigenvalue weighted by atomic mass is 16.3. The van der Waals surface area contributed by atoms with Crippen molar-refractivity contribution in [2.24, 2.45) is 0 Å². The highest BCUT2D eigenvalue weighted by Crippen LogP contribution is 2.26. The van der Waals surface area contributed by atoms with E-state index < -0.39 is 6.10 Å². The van der Waals surface area contributed by atoms with Gasteiger partial charge in [-0.2, -0.15) is 5.26 Å². The topological polar surface area (TPSA) is 70.8 Å². The van der Waals surface area contributed by atoms with Gasteiger partial charge >= 0.3 is 6.03 Å². The Bertz CT molecular complexity index is 905. The third kappa shape index (κ3) is 5.25. The molecule has 0 saturated carbocycles. The first-order chi connectivity index (χ1) is 14.8. The van der Waals surface area contributed by atoms with E-state index in [4.69, 9.17) is 5.26 Å². The van der Waals surface area contributed by atoms with E-state index in [1.54, 1.807) is 17.1 Å². The number of nitrogens with zero attached hydrogens (tertiary/aromatic N) is 4. The minimum atomic E-state index is -0.700. The van der Waals surface area contributed by atoms with Gasteiger partial charge in [-0.15, -0.1) is 0 Å². The van der Waals surface area contributed by atoms with E-state index >= 15 is 0 Å². The summed E-state index contributed by atoms with van der Waals surface area (Å²) in [6.07, 6.45) is -0.101. The lowest BCUT2D eigenvalue weighted by Crippen LogP contribution is -2.56. The number of rotatable bonds is 6. The van der Waals surface area contributed by atoms with Crippen LogP contribution < -0.4 is 0 Å². The molecule has 0 bridgehead atoms. The highest BCUT2D eigenvalue weighted by molar-refractivity contribution is 5.75. The van der Waals surface area contributed by atoms with Crippen molar-refractivity contribution in [2.45, 2.75) is 64.9 Å². The van der Waals surface area contributed by atoms with Crippen molar-refractivity contribution in [1.29, 1.82) is 5.26 Å². The third-order valence-electron chi connectivity index (χ3n) is 5.70. The summed E-state index contributed by atoms with van der Waals surface area (Å²) in [4.78, 5) is 15.6. The molecule has 6 nitrogen and oxygen atoms in total. The predicted molar refractivity (Wildman–Crippen MR) is 121 cm³/mol. The Morgan fingerprint density at radius 1 is 1.00 bits per heavy atom. The Balaban J connectivity index is 1.94. The van der Waals surface area contributed by atoms with Crippen LogP contribution in [-0.4, -0.2) is 56.8 Å². The molecular formula is C25H32N4O2. The normalized spacial score (nSPS) is 20.3. The molecule has 164 valence electrons. The average Bonchev–Trinajstić information content (AvgIpc) is 2.83. The predicted octanol–water partition coefficient (Wildman–Crippen LogP) is 3.80. The molecule has 1 aliphatic rings. The summed E-state index contributed by atoms with van der Waals surface area (Å²) < 4.78 is 0. The van der Waals surface area contributed by atoms with Crippen LogP contribution in [0.2, 0.25) is 0 Å². The molecule has 0 aliphatic carbocycles. The first-order valence-electron chi connectivity index (χ1n) is 10.9. The summed E-state index contributed by atoms with van der Waals surface area (Å²) in [6, 6.07) is 19.0. The van der Waals surface area contributed by atoms with Crippen LogP contribution in [0.5, 0.6) is 0 Å². The number of hydrazine groups is 1. The molecule has 0 radical (unpaired) electrons. The molecule has 1 saturated heterocycles. The van der Waals surface area contributed by atoms with Gasteiger partial charge in [0.2, 0.25) is 0 Å². The Morgan fingerprint density at radius 3 is 2.19 bits per heavy atom. The second-order valence-electron chi connectivity index (χ2n) is 8.70. The van der Waals surface area contributed by atoms with E-state index in [1.807, 2.05) is 80.1 Å². The van der Waals surface area contributed by atoms with Crippen molar-refractivity contribution in [1.82, 2.24) is 14.9 Å². The first kappa shape index (κ1) is 22.8. The molecule has 1 heterocycles. The smallest absolute Gasteiger partial charge is 0.335 e. The van der Waals surface area contributed by atoms with Crippen molar-refractivity contribution in [3.05, 3.63) is 71.3 Å². The van der Waals surface area contributed by atoms with Crippen LogP contribution in [0, 0.1) is 11.3 Å². The number of β-amino-alcohol motifs (C(OH)–C–C–N with tert-alkyl or cyclic N) is 1. The summed E-state index contributed by atoms with van der Waals surface area (Å²) in [7, 11) is 0. The van der Waals surface area contributed by atoms with Gasteiger partial charge < -0.3 is 10.0 Å². The third-order valence-corrected chi connectivity index (χ3v) is 5.70. The number of aliphatic hydroxyl groups is 1. The van der Waals surface area contributed by atoms with Gasteiger partial charge in [0.1, 0.15) is 0 Å². The average molecular weight is 421 g/mol. The fraction of sp³-hybridized carbons (Fsp3) is 0.440. The lowest BCUT2D eigenvalue weighted by Gasteiger charge is -2.40. The van der Waals surface area contributed by atoms with Crippen LogP contribution in [0.3, 0.4) is 0 Å². The minimum Gasteiger partial charge on any atom is -0.390 e. The number of aliphatic hydroxyl groups excluding tert-OH is 1. The Labute approximate surface area is 185 Å². The molecule has 2 aromatic rings. The summed E-state index contributed by atoms with van der Waals surface area (Å²) in [5, 5.41) is 24.0. The van der Waals surface area contributed by atoms with Crippen LogP contribution >= 0.6 is 0 Å². The molecule has 2 amide bonds. The zero-order valence-electron chi connectivity index (χ0n) is 18.8. The van der Waals surface area contributed by atoms with Gasteiger partial charge in [0.25, 0.3) is 0 Å². The van der Waals surface area contributed by atoms with E-state index in [1.165, 1.54) is 0 Å². The van der Waals surface area contributed by atoms with Gasteiger partial charge in [-0.05, 0) is 57.4 Å². The van der Waals surface area contributed by atoms with Gasteiger partial charge in [-0.25, -0.2) is 9.80 Å². The maximum Gasteiger partial charge on any atom is 0.335 e. The molecule has 1 aliphatic heterocycles. The van der Waals surface area contributed by atoms with Crippen molar-refractivity contribution in [3.8, 4) is 6.07 Å². The minimum absolute atomic E-state index is 0.0491. The van der Waals surface area contributed by atoms with Crippen LogP contribution in [0.25, 0.3) is 0 Å². The summed E-state index contributed by atoms with van der Waals surface area (Å²) >= 11 is 0. The van der Waals surface area contributed by atoms with Gasteiger partial charge in [-0.3, -0.25) is 5.01 Å². The van der Waals surface area contributed by atoms with E-state index in [-0.39, 0.29) is 24.2 Å². The maximum atomic E-state index is 13.7. The molecule has 0 unspecified atom stereocenters. The quantitative estimate of drug-likeness (QED) is 0.772. The SMILES string of the molecule is CC(C)N1C(=O)N(C(C)C)N(Cc2ccc(C#N)cc2)C[C@H](O)[C@@H]1Cc1ccccc1. The molecule has 6 heteroatoms. The van der Waals surface area contributed by atoms with E-state index in [0.29, 0.717) is 25.1 Å². The number of urea groups is 1. The number of nitriles is 1. The van der Waals surface area contributed by atoms with Crippen LogP contribution in [0.4, 0.5) is 4.79 Å². The lowest BCUT2D eigenvalue weighted by atomic mass is 9.98. The second-order valence-corrected chi connectivity index (χ2v) is 8.70. The first-order valence-corrected chi connectivity index (χ1v) is 10.9. The van der Waals surface area contributed by atoms with E-state index in [9.17, 15) is 9.90 Å². The Hall–Kier alpha value is -2.88. The van der Waals surface area contributed by atoms with E-state index in [0.717, 1.165) is 11.1 Å². The number of hydrogen-bond acceptors (Lipinski definition) is 4. The molecular weight excluding hydrogens is 388 g/mol. The molecule has 2 aromatic carbocycles. The summed E-state index contributed by atoms with van der Waals surface area (Å²) in [5.74, 6) is 0. The van der Waals surface area contributed by atoms with E-state index in [2.05, 4.69) is 6.07 Å². The van der Waals surface area contributed by atoms with Gasteiger partial charge in [-0.1, -0.05) is 42.5 Å². The lowest BCUT2D eigenvalue weighted by molar-refractivity contribution is -0.0346. The van der Waals surface area contributed by atoms with Crippen molar-refractivity contribution in [2.75, 3.05) is 6.54 Å². The molecule has 1 fully saturated rings. The molecule has 3 rings (SSSR count). The number of hydrogen-bond donors (Lipinski definition) is 1. The van der Waals surface area contributed by atoms with Crippen molar-refractivity contribution < 1.29 is 9.90 Å². The van der Waals surface area contributed by atoms with Gasteiger partial charge in [0.05, 0.1) is 23.8 Å². The molecule has 31 heavy (non-hydrogen) atoms.